The van der Waals surface area contributed by atoms with Crippen molar-refractivity contribution in [3.63, 3.8) is 0 Å². The zero-order valence-corrected chi connectivity index (χ0v) is 10.7. The van der Waals surface area contributed by atoms with Crippen molar-refractivity contribution in [2.24, 2.45) is 5.73 Å². The fraction of sp³-hybridized carbons (Fsp3) is 0.500. The molecule has 1 aliphatic rings. The summed E-state index contributed by atoms with van der Waals surface area (Å²) >= 11 is 0. The number of nitrogens with one attached hydrogen (secondary N) is 1. The Hall–Kier alpha value is -1.39. The minimum absolute atomic E-state index is 0.0644. The maximum Gasteiger partial charge on any atom is 0.237 e. The molecule has 18 heavy (non-hydrogen) atoms. The Labute approximate surface area is 108 Å². The molecule has 2 rings (SSSR count). The molecule has 0 radical (unpaired) electrons. The molecule has 0 aliphatic carbocycles. The largest absolute Gasteiger partial charge is 0.378 e. The van der Waals surface area contributed by atoms with Gasteiger partial charge in [-0.15, -0.1) is 0 Å². The van der Waals surface area contributed by atoms with E-state index in [0.717, 1.165) is 5.56 Å². The molecular formula is C14H20N2O2. The van der Waals surface area contributed by atoms with Crippen molar-refractivity contribution in [2.45, 2.75) is 38.0 Å². The van der Waals surface area contributed by atoms with Gasteiger partial charge in [-0.1, -0.05) is 30.3 Å². The van der Waals surface area contributed by atoms with E-state index in [1.807, 2.05) is 37.3 Å². The fourth-order valence-electron chi connectivity index (χ4n) is 2.42. The van der Waals surface area contributed by atoms with E-state index in [2.05, 4.69) is 5.32 Å². The van der Waals surface area contributed by atoms with E-state index in [1.165, 1.54) is 0 Å². The summed E-state index contributed by atoms with van der Waals surface area (Å²) in [6.07, 6.45) is 1.34. The summed E-state index contributed by atoms with van der Waals surface area (Å²) in [4.78, 5) is 11.7. The fourth-order valence-corrected chi connectivity index (χ4v) is 2.42. The van der Waals surface area contributed by atoms with E-state index < -0.39 is 5.54 Å². The van der Waals surface area contributed by atoms with Crippen molar-refractivity contribution in [1.82, 2.24) is 5.32 Å². The first-order valence-corrected chi connectivity index (χ1v) is 6.33. The van der Waals surface area contributed by atoms with Gasteiger partial charge >= 0.3 is 0 Å². The van der Waals surface area contributed by atoms with E-state index in [9.17, 15) is 4.79 Å². The van der Waals surface area contributed by atoms with Gasteiger partial charge < -0.3 is 10.5 Å². The number of carbonyl (C=O) groups excluding carboxylic acids is 1. The zero-order chi connectivity index (χ0) is 13.0. The van der Waals surface area contributed by atoms with Crippen molar-refractivity contribution in [3.05, 3.63) is 35.9 Å². The highest BCUT2D eigenvalue weighted by Crippen LogP contribution is 2.25. The average Bonchev–Trinajstić information content (AvgIpc) is 2.37. The SMILES string of the molecule is CC1CC(NCc2ccccc2)(C(N)=O)CCO1. The lowest BCUT2D eigenvalue weighted by Crippen LogP contribution is -2.59. The van der Waals surface area contributed by atoms with Gasteiger partial charge in [0, 0.05) is 19.6 Å². The first kappa shape index (κ1) is 13.1. The molecule has 1 amide bonds. The average molecular weight is 248 g/mol. The van der Waals surface area contributed by atoms with Gasteiger partial charge in [0.25, 0.3) is 0 Å². The summed E-state index contributed by atoms with van der Waals surface area (Å²) in [6.45, 7) is 3.20. The van der Waals surface area contributed by atoms with Crippen molar-refractivity contribution in [3.8, 4) is 0 Å². The predicted octanol–water partition coefficient (Wildman–Crippen LogP) is 1.20. The van der Waals surface area contributed by atoms with Gasteiger partial charge in [-0.25, -0.2) is 0 Å². The van der Waals surface area contributed by atoms with Crippen molar-refractivity contribution in [1.29, 1.82) is 0 Å². The van der Waals surface area contributed by atoms with Crippen molar-refractivity contribution >= 4 is 5.91 Å². The van der Waals surface area contributed by atoms with Crippen LogP contribution in [0.2, 0.25) is 0 Å². The molecule has 4 heteroatoms. The number of carbonyl (C=O) groups is 1. The molecule has 1 heterocycles. The standard InChI is InChI=1S/C14H20N2O2/c1-11-9-14(13(15)17,7-8-18-11)16-10-12-5-3-2-4-6-12/h2-6,11,16H,7-10H2,1H3,(H2,15,17). The Bertz CT molecular complexity index is 408. The summed E-state index contributed by atoms with van der Waals surface area (Å²) < 4.78 is 5.49. The molecule has 2 unspecified atom stereocenters. The van der Waals surface area contributed by atoms with Crippen LogP contribution < -0.4 is 11.1 Å². The maximum atomic E-state index is 11.7. The Morgan fingerprint density at radius 2 is 2.22 bits per heavy atom. The molecule has 0 spiro atoms. The van der Waals surface area contributed by atoms with Crippen LogP contribution in [-0.4, -0.2) is 24.2 Å². The van der Waals surface area contributed by atoms with Crippen LogP contribution in [0.25, 0.3) is 0 Å². The molecule has 1 saturated heterocycles. The van der Waals surface area contributed by atoms with Crippen LogP contribution >= 0.6 is 0 Å². The molecule has 4 nitrogen and oxygen atoms in total. The molecule has 0 bridgehead atoms. The molecule has 1 aromatic carbocycles. The Kier molecular flexibility index (Phi) is 3.99. The topological polar surface area (TPSA) is 64.3 Å². The van der Waals surface area contributed by atoms with Gasteiger partial charge in [-0.05, 0) is 18.9 Å². The number of rotatable bonds is 4. The van der Waals surface area contributed by atoms with Crippen LogP contribution in [0.15, 0.2) is 30.3 Å². The van der Waals surface area contributed by atoms with Crippen LogP contribution in [0, 0.1) is 0 Å². The van der Waals surface area contributed by atoms with E-state index in [1.54, 1.807) is 0 Å². The quantitative estimate of drug-likeness (QED) is 0.841. The third-order valence-electron chi connectivity index (χ3n) is 3.51. The Morgan fingerprint density at radius 1 is 1.50 bits per heavy atom. The monoisotopic (exact) mass is 248 g/mol. The second-order valence-electron chi connectivity index (χ2n) is 4.92. The number of hydrogen-bond acceptors (Lipinski definition) is 3. The first-order chi connectivity index (χ1) is 8.62. The Morgan fingerprint density at radius 3 is 2.83 bits per heavy atom. The van der Waals surface area contributed by atoms with Crippen LogP contribution in [0.5, 0.6) is 0 Å². The summed E-state index contributed by atoms with van der Waals surface area (Å²) in [5, 5.41) is 3.33. The highest BCUT2D eigenvalue weighted by Gasteiger charge is 2.40. The van der Waals surface area contributed by atoms with E-state index >= 15 is 0 Å². The lowest BCUT2D eigenvalue weighted by atomic mass is 9.86. The minimum Gasteiger partial charge on any atom is -0.378 e. The molecule has 0 saturated carbocycles. The molecule has 98 valence electrons. The molecule has 2 atom stereocenters. The van der Waals surface area contributed by atoms with Gasteiger partial charge in [0.2, 0.25) is 5.91 Å². The highest BCUT2D eigenvalue weighted by molar-refractivity contribution is 5.84. The molecule has 1 fully saturated rings. The number of nitrogens with two attached hydrogens (primary N) is 1. The summed E-state index contributed by atoms with van der Waals surface area (Å²) in [6, 6.07) is 10.0. The number of hydrogen-bond donors (Lipinski definition) is 2. The molecular weight excluding hydrogens is 228 g/mol. The number of benzene rings is 1. The Balaban J connectivity index is 2.05. The second-order valence-corrected chi connectivity index (χ2v) is 4.92. The maximum absolute atomic E-state index is 11.7. The molecule has 0 aromatic heterocycles. The highest BCUT2D eigenvalue weighted by atomic mass is 16.5. The van der Waals surface area contributed by atoms with Gasteiger partial charge in [-0.2, -0.15) is 0 Å². The van der Waals surface area contributed by atoms with Crippen LogP contribution in [0.4, 0.5) is 0 Å². The summed E-state index contributed by atoms with van der Waals surface area (Å²) in [5.41, 5.74) is 6.09. The predicted molar refractivity (Wildman–Crippen MR) is 69.9 cm³/mol. The number of primary amides is 1. The third kappa shape index (κ3) is 2.89. The van der Waals surface area contributed by atoms with Gasteiger partial charge in [0.15, 0.2) is 0 Å². The van der Waals surface area contributed by atoms with E-state index in [0.29, 0.717) is 26.0 Å². The van der Waals surface area contributed by atoms with E-state index in [-0.39, 0.29) is 12.0 Å². The number of ether oxygens (including phenoxy) is 1. The van der Waals surface area contributed by atoms with E-state index in [4.69, 9.17) is 10.5 Å². The smallest absolute Gasteiger partial charge is 0.237 e. The van der Waals surface area contributed by atoms with Gasteiger partial charge in [0.05, 0.1) is 6.10 Å². The summed E-state index contributed by atoms with van der Waals surface area (Å²) in [5.74, 6) is -0.284. The van der Waals surface area contributed by atoms with Crippen LogP contribution in [-0.2, 0) is 16.1 Å². The van der Waals surface area contributed by atoms with Crippen molar-refractivity contribution in [2.75, 3.05) is 6.61 Å². The third-order valence-corrected chi connectivity index (χ3v) is 3.51. The molecule has 1 aromatic rings. The lowest BCUT2D eigenvalue weighted by molar-refractivity contribution is -0.131. The van der Waals surface area contributed by atoms with Gasteiger partial charge in [-0.3, -0.25) is 10.1 Å². The minimum atomic E-state index is -0.631. The normalized spacial score (nSPS) is 27.9. The first-order valence-electron chi connectivity index (χ1n) is 6.33. The zero-order valence-electron chi connectivity index (χ0n) is 10.7. The number of amides is 1. The molecule has 1 aliphatic heterocycles. The second kappa shape index (κ2) is 5.50. The van der Waals surface area contributed by atoms with Gasteiger partial charge in [0.1, 0.15) is 5.54 Å². The molecule has 3 N–H and O–H groups in total. The lowest BCUT2D eigenvalue weighted by Gasteiger charge is -2.38. The van der Waals surface area contributed by atoms with Crippen LogP contribution in [0.3, 0.4) is 0 Å². The van der Waals surface area contributed by atoms with Crippen molar-refractivity contribution < 1.29 is 9.53 Å². The summed E-state index contributed by atoms with van der Waals surface area (Å²) in [7, 11) is 0. The van der Waals surface area contributed by atoms with Crippen LogP contribution in [0.1, 0.15) is 25.3 Å².